The van der Waals surface area contributed by atoms with Crippen molar-refractivity contribution in [1.82, 2.24) is 0 Å². The van der Waals surface area contributed by atoms with Gasteiger partial charge in [-0.1, -0.05) is 13.8 Å². The summed E-state index contributed by atoms with van der Waals surface area (Å²) in [6.45, 7) is 3.95. The van der Waals surface area contributed by atoms with E-state index in [0.717, 1.165) is 0 Å². The molecule has 0 spiro atoms. The standard InChI is InChI=1S/C4H8Cl2.GeH4/c1-3(2)4(5)6;/h3-4H,1-2H3;1H4. The van der Waals surface area contributed by atoms with Gasteiger partial charge in [-0.05, 0) is 5.92 Å². The van der Waals surface area contributed by atoms with Crippen LogP contribution < -0.4 is 0 Å². The van der Waals surface area contributed by atoms with Gasteiger partial charge < -0.3 is 0 Å². The molecule has 7 heavy (non-hydrogen) atoms. The van der Waals surface area contributed by atoms with E-state index in [0.29, 0.717) is 5.92 Å². The average Bonchev–Trinajstić information content (AvgIpc) is 1.36. The molecule has 0 nitrogen and oxygen atoms in total. The summed E-state index contributed by atoms with van der Waals surface area (Å²) in [6.07, 6.45) is 0. The van der Waals surface area contributed by atoms with Crippen LogP contribution in [0.3, 0.4) is 0 Å². The van der Waals surface area contributed by atoms with Crippen molar-refractivity contribution in [2.75, 3.05) is 0 Å². The Balaban J connectivity index is 0. The molecule has 0 saturated carbocycles. The van der Waals surface area contributed by atoms with Gasteiger partial charge in [0.05, 0.1) is 0 Å². The van der Waals surface area contributed by atoms with Crippen LogP contribution in [0.2, 0.25) is 0 Å². The first-order valence-corrected chi connectivity index (χ1v) is 2.80. The fraction of sp³-hybridized carbons (Fsp3) is 1.00. The van der Waals surface area contributed by atoms with Gasteiger partial charge in [0.1, 0.15) is 4.84 Å². The summed E-state index contributed by atoms with van der Waals surface area (Å²) in [5.74, 6) is 0.383. The molecule has 0 amide bonds. The summed E-state index contributed by atoms with van der Waals surface area (Å²) in [4.78, 5) is -0.204. The quantitative estimate of drug-likeness (QED) is 0.441. The fourth-order valence-electron chi connectivity index (χ4n) is 0. The Morgan fingerprint density at radius 3 is 1.29 bits per heavy atom. The first kappa shape index (κ1) is 11.0. The van der Waals surface area contributed by atoms with Gasteiger partial charge in [0.25, 0.3) is 0 Å². The van der Waals surface area contributed by atoms with E-state index in [1.54, 1.807) is 0 Å². The van der Waals surface area contributed by atoms with E-state index in [1.165, 1.54) is 0 Å². The molecule has 0 saturated heterocycles. The summed E-state index contributed by atoms with van der Waals surface area (Å²) in [5, 5.41) is 0. The molecule has 0 radical (unpaired) electrons. The zero-order valence-electron chi connectivity index (χ0n) is 3.91. The van der Waals surface area contributed by atoms with Crippen LogP contribution in [-0.2, 0) is 0 Å². The van der Waals surface area contributed by atoms with Gasteiger partial charge in [0, 0.05) is 0 Å². The first-order valence-electron chi connectivity index (χ1n) is 1.92. The number of hydrogen-bond acceptors (Lipinski definition) is 0. The van der Waals surface area contributed by atoms with Crippen molar-refractivity contribution in [3.8, 4) is 0 Å². The van der Waals surface area contributed by atoms with Gasteiger partial charge in [0.2, 0.25) is 0 Å². The third kappa shape index (κ3) is 7.12. The molecule has 0 aromatic rings. The zero-order valence-corrected chi connectivity index (χ0v) is 5.42. The van der Waals surface area contributed by atoms with Crippen molar-refractivity contribution in [2.24, 2.45) is 5.92 Å². The van der Waals surface area contributed by atoms with Crippen molar-refractivity contribution < 1.29 is 0 Å². The normalized spacial score (nSPS) is 9.43. The number of halogens is 2. The third-order valence-electron chi connectivity index (χ3n) is 0.504. The second-order valence-electron chi connectivity index (χ2n) is 1.58. The van der Waals surface area contributed by atoms with E-state index >= 15 is 0 Å². The summed E-state index contributed by atoms with van der Waals surface area (Å²) < 4.78 is 0. The molecule has 0 aliphatic heterocycles. The van der Waals surface area contributed by atoms with Crippen LogP contribution in [0.4, 0.5) is 0 Å². The number of alkyl halides is 2. The predicted molar refractivity (Wildman–Crippen MR) is 41.7 cm³/mol. The van der Waals surface area contributed by atoms with Gasteiger partial charge in [0.15, 0.2) is 0 Å². The molecule has 0 rings (SSSR count). The van der Waals surface area contributed by atoms with Crippen LogP contribution in [0.25, 0.3) is 0 Å². The van der Waals surface area contributed by atoms with Gasteiger partial charge in [-0.3, -0.25) is 0 Å². The molecule has 0 bridgehead atoms. The Morgan fingerprint density at radius 1 is 1.14 bits per heavy atom. The van der Waals surface area contributed by atoms with Crippen LogP contribution in [0.15, 0.2) is 0 Å². The summed E-state index contributed by atoms with van der Waals surface area (Å²) in [5.41, 5.74) is 0. The summed E-state index contributed by atoms with van der Waals surface area (Å²) >= 11 is 10.8. The molecular weight excluding hydrogens is 192 g/mol. The Hall–Kier alpha value is 1.12. The minimum absolute atomic E-state index is 0. The Kier molecular flexibility index (Phi) is 8.27. The van der Waals surface area contributed by atoms with Crippen molar-refractivity contribution in [1.29, 1.82) is 0 Å². The molecule has 0 fully saturated rings. The van der Waals surface area contributed by atoms with E-state index in [-0.39, 0.29) is 22.4 Å². The maximum absolute atomic E-state index is 5.38. The first-order chi connectivity index (χ1) is 2.64. The molecule has 0 unspecified atom stereocenters. The average molecular weight is 204 g/mol. The second kappa shape index (κ2) is 5.26. The summed E-state index contributed by atoms with van der Waals surface area (Å²) in [7, 11) is 0. The fourth-order valence-corrected chi connectivity index (χ4v) is 0. The Morgan fingerprint density at radius 2 is 1.29 bits per heavy atom. The molecule has 3 heteroatoms. The number of hydrogen-bond donors (Lipinski definition) is 0. The SMILES string of the molecule is CC(C)C(Cl)Cl.[GeH4]. The van der Waals surface area contributed by atoms with Crippen LogP contribution in [-0.4, -0.2) is 22.4 Å². The van der Waals surface area contributed by atoms with Crippen LogP contribution in [0.1, 0.15) is 13.8 Å². The number of rotatable bonds is 1. The predicted octanol–water partition coefficient (Wildman–Crippen LogP) is 0.994. The molecule has 0 aliphatic carbocycles. The molecule has 0 aromatic carbocycles. The van der Waals surface area contributed by atoms with Gasteiger partial charge in [-0.25, -0.2) is 0 Å². The van der Waals surface area contributed by atoms with Crippen molar-refractivity contribution in [3.63, 3.8) is 0 Å². The van der Waals surface area contributed by atoms with Gasteiger partial charge in [-0.15, -0.1) is 23.2 Å². The van der Waals surface area contributed by atoms with E-state index < -0.39 is 0 Å². The monoisotopic (exact) mass is 204 g/mol. The molecule has 0 aliphatic rings. The molecular formula is C4H12Cl2Ge. The van der Waals surface area contributed by atoms with Gasteiger partial charge >= 0.3 is 17.6 Å². The Bertz CT molecular complexity index is 30.7. The molecule has 0 aromatic heterocycles. The zero-order chi connectivity index (χ0) is 5.15. The maximum atomic E-state index is 5.38. The Labute approximate surface area is 65.5 Å². The van der Waals surface area contributed by atoms with Crippen molar-refractivity contribution in [2.45, 2.75) is 18.7 Å². The topological polar surface area (TPSA) is 0 Å². The van der Waals surface area contributed by atoms with E-state index in [9.17, 15) is 0 Å². The van der Waals surface area contributed by atoms with Gasteiger partial charge in [-0.2, -0.15) is 0 Å². The molecule has 0 N–H and O–H groups in total. The van der Waals surface area contributed by atoms with Crippen LogP contribution in [0, 0.1) is 5.92 Å². The van der Waals surface area contributed by atoms with Crippen LogP contribution in [0.5, 0.6) is 0 Å². The minimum atomic E-state index is -0.204. The molecule has 0 atom stereocenters. The van der Waals surface area contributed by atoms with E-state index in [4.69, 9.17) is 23.2 Å². The molecule has 0 heterocycles. The van der Waals surface area contributed by atoms with Crippen LogP contribution >= 0.6 is 23.2 Å². The van der Waals surface area contributed by atoms with E-state index in [1.807, 2.05) is 13.8 Å². The van der Waals surface area contributed by atoms with Crippen molar-refractivity contribution in [3.05, 3.63) is 0 Å². The second-order valence-corrected chi connectivity index (χ2v) is 2.74. The third-order valence-corrected chi connectivity index (χ3v) is 1.51. The van der Waals surface area contributed by atoms with E-state index in [2.05, 4.69) is 0 Å². The summed E-state index contributed by atoms with van der Waals surface area (Å²) in [6, 6.07) is 0. The molecule has 46 valence electrons. The van der Waals surface area contributed by atoms with Crippen molar-refractivity contribution >= 4 is 40.8 Å².